The predicted octanol–water partition coefficient (Wildman–Crippen LogP) is 1.41. The van der Waals surface area contributed by atoms with Gasteiger partial charge in [-0.3, -0.25) is 14.2 Å². The largest absolute Gasteiger partial charge is 0.387 e. The Morgan fingerprint density at radius 2 is 2.12 bits per heavy atom. The molecule has 1 amide bonds. The zero-order valence-electron chi connectivity index (χ0n) is 15.1. The summed E-state index contributed by atoms with van der Waals surface area (Å²) in [7, 11) is 0. The summed E-state index contributed by atoms with van der Waals surface area (Å²) in [5.74, 6) is 0.542. The highest BCUT2D eigenvalue weighted by Crippen LogP contribution is 2.22. The molecule has 1 fully saturated rings. The van der Waals surface area contributed by atoms with E-state index in [1.165, 1.54) is 0 Å². The summed E-state index contributed by atoms with van der Waals surface area (Å²) in [5, 5.41) is 21.8. The first kappa shape index (κ1) is 17.6. The van der Waals surface area contributed by atoms with Crippen molar-refractivity contribution in [3.63, 3.8) is 0 Å². The zero-order chi connectivity index (χ0) is 18.0. The molecule has 0 bridgehead atoms. The molecule has 8 heteroatoms. The Kier molecular flexibility index (Phi) is 5.17. The monoisotopic (exact) mass is 346 g/mol. The van der Waals surface area contributed by atoms with Gasteiger partial charge in [-0.2, -0.15) is 5.10 Å². The number of hydrogen-bond donors (Lipinski definition) is 1. The summed E-state index contributed by atoms with van der Waals surface area (Å²) in [6.45, 7) is 8.69. The average molecular weight is 346 g/mol. The third kappa shape index (κ3) is 3.73. The fraction of sp³-hybridized carbons (Fsp3) is 0.647. The number of aromatic nitrogens is 5. The van der Waals surface area contributed by atoms with Gasteiger partial charge in [0.05, 0.1) is 24.1 Å². The molecule has 0 spiro atoms. The van der Waals surface area contributed by atoms with E-state index in [1.807, 2.05) is 23.4 Å². The number of carbonyl (C=O) groups excluding carboxylic acids is 1. The van der Waals surface area contributed by atoms with Crippen molar-refractivity contribution in [3.05, 3.63) is 29.3 Å². The number of carbonyl (C=O) groups is 1. The lowest BCUT2D eigenvalue weighted by molar-refractivity contribution is 0.0680. The van der Waals surface area contributed by atoms with Crippen LogP contribution in [0.5, 0.6) is 0 Å². The minimum Gasteiger partial charge on any atom is -0.387 e. The minimum atomic E-state index is -0.597. The van der Waals surface area contributed by atoms with Crippen LogP contribution < -0.4 is 0 Å². The van der Waals surface area contributed by atoms with Crippen LogP contribution in [0.15, 0.2) is 12.4 Å². The first-order chi connectivity index (χ1) is 12.0. The lowest BCUT2D eigenvalue weighted by Crippen LogP contribution is -2.39. The SMILES string of the molecule is CCn1ncc(C(=O)N2CCC(Cn3cc([C@@H](C)O)nn3)CC2)c1C. The van der Waals surface area contributed by atoms with Crippen molar-refractivity contribution in [3.8, 4) is 0 Å². The molecule has 2 aromatic heterocycles. The van der Waals surface area contributed by atoms with Gasteiger partial charge in [-0.1, -0.05) is 5.21 Å². The van der Waals surface area contributed by atoms with Crippen LogP contribution in [0.4, 0.5) is 0 Å². The summed E-state index contributed by atoms with van der Waals surface area (Å²) in [6, 6.07) is 0. The predicted molar refractivity (Wildman–Crippen MR) is 91.9 cm³/mol. The molecule has 136 valence electrons. The Morgan fingerprint density at radius 1 is 1.40 bits per heavy atom. The summed E-state index contributed by atoms with van der Waals surface area (Å²) >= 11 is 0. The van der Waals surface area contributed by atoms with Crippen LogP contribution in [0.2, 0.25) is 0 Å². The van der Waals surface area contributed by atoms with Crippen molar-refractivity contribution < 1.29 is 9.90 Å². The fourth-order valence-electron chi connectivity index (χ4n) is 3.32. The van der Waals surface area contributed by atoms with Gasteiger partial charge in [-0.05, 0) is 39.5 Å². The molecular formula is C17H26N6O2. The first-order valence-corrected chi connectivity index (χ1v) is 8.89. The van der Waals surface area contributed by atoms with E-state index in [0.29, 0.717) is 17.2 Å². The molecule has 3 heterocycles. The van der Waals surface area contributed by atoms with Crippen molar-refractivity contribution in [1.82, 2.24) is 29.7 Å². The lowest BCUT2D eigenvalue weighted by Gasteiger charge is -2.31. The van der Waals surface area contributed by atoms with Gasteiger partial charge in [0.25, 0.3) is 5.91 Å². The van der Waals surface area contributed by atoms with E-state index in [0.717, 1.165) is 44.7 Å². The second kappa shape index (κ2) is 7.35. The normalized spacial score (nSPS) is 17.0. The van der Waals surface area contributed by atoms with Crippen LogP contribution >= 0.6 is 0 Å². The summed E-state index contributed by atoms with van der Waals surface area (Å²) < 4.78 is 3.64. The molecule has 0 unspecified atom stereocenters. The third-order valence-electron chi connectivity index (χ3n) is 4.96. The van der Waals surface area contributed by atoms with Gasteiger partial charge in [0.2, 0.25) is 0 Å². The van der Waals surface area contributed by atoms with Crippen LogP contribution in [0.25, 0.3) is 0 Å². The van der Waals surface area contributed by atoms with Gasteiger partial charge in [-0.25, -0.2) is 0 Å². The molecule has 1 saturated heterocycles. The number of aliphatic hydroxyl groups excluding tert-OH is 1. The van der Waals surface area contributed by atoms with Crippen LogP contribution in [0.3, 0.4) is 0 Å². The maximum absolute atomic E-state index is 12.7. The summed E-state index contributed by atoms with van der Waals surface area (Å²) in [6.07, 6.45) is 4.76. The molecule has 0 radical (unpaired) electrons. The molecule has 0 aromatic carbocycles. The fourth-order valence-corrected chi connectivity index (χ4v) is 3.32. The van der Waals surface area contributed by atoms with Crippen LogP contribution in [0.1, 0.15) is 54.5 Å². The standard InChI is InChI=1S/C17H26N6O2/c1-4-23-12(2)15(9-18-23)17(25)21-7-5-14(6-8-21)10-22-11-16(13(3)24)19-20-22/h9,11,13-14,24H,4-8,10H2,1-3H3/t13-/m1/s1. The first-order valence-electron chi connectivity index (χ1n) is 8.89. The van der Waals surface area contributed by atoms with E-state index in [1.54, 1.807) is 24.0 Å². The number of aryl methyl sites for hydroxylation is 1. The van der Waals surface area contributed by atoms with Gasteiger partial charge >= 0.3 is 0 Å². The summed E-state index contributed by atoms with van der Waals surface area (Å²) in [4.78, 5) is 14.6. The molecule has 1 aliphatic rings. The molecule has 8 nitrogen and oxygen atoms in total. The number of rotatable bonds is 5. The van der Waals surface area contributed by atoms with E-state index in [9.17, 15) is 9.90 Å². The van der Waals surface area contributed by atoms with Gasteiger partial charge in [0, 0.05) is 31.9 Å². The lowest BCUT2D eigenvalue weighted by atomic mass is 9.96. The van der Waals surface area contributed by atoms with Crippen LogP contribution in [0, 0.1) is 12.8 Å². The zero-order valence-corrected chi connectivity index (χ0v) is 15.1. The average Bonchev–Trinajstić information content (AvgIpc) is 3.21. The van der Waals surface area contributed by atoms with Gasteiger partial charge < -0.3 is 10.0 Å². The van der Waals surface area contributed by atoms with Crippen LogP contribution in [-0.4, -0.2) is 53.8 Å². The second-order valence-electron chi connectivity index (χ2n) is 6.74. The number of nitrogens with zero attached hydrogens (tertiary/aromatic N) is 6. The van der Waals surface area contributed by atoms with Crippen molar-refractivity contribution in [2.45, 2.75) is 52.8 Å². The van der Waals surface area contributed by atoms with E-state index in [4.69, 9.17) is 0 Å². The molecule has 1 aliphatic heterocycles. The van der Waals surface area contributed by atoms with Crippen LogP contribution in [-0.2, 0) is 13.1 Å². The van der Waals surface area contributed by atoms with E-state index in [2.05, 4.69) is 15.4 Å². The smallest absolute Gasteiger partial charge is 0.257 e. The van der Waals surface area contributed by atoms with Crippen molar-refractivity contribution in [1.29, 1.82) is 0 Å². The number of amides is 1. The number of aliphatic hydroxyl groups is 1. The number of piperidine rings is 1. The van der Waals surface area contributed by atoms with Gasteiger partial charge in [0.1, 0.15) is 5.69 Å². The molecule has 25 heavy (non-hydrogen) atoms. The highest BCUT2D eigenvalue weighted by atomic mass is 16.3. The van der Waals surface area contributed by atoms with Crippen molar-refractivity contribution in [2.75, 3.05) is 13.1 Å². The Hall–Kier alpha value is -2.22. The molecule has 0 saturated carbocycles. The topological polar surface area (TPSA) is 89.1 Å². The Labute approximate surface area is 147 Å². The molecule has 3 rings (SSSR count). The maximum atomic E-state index is 12.7. The van der Waals surface area contributed by atoms with Crippen molar-refractivity contribution in [2.24, 2.45) is 5.92 Å². The highest BCUT2D eigenvalue weighted by molar-refractivity contribution is 5.95. The summed E-state index contributed by atoms with van der Waals surface area (Å²) in [5.41, 5.74) is 2.23. The third-order valence-corrected chi connectivity index (χ3v) is 4.96. The number of likely N-dealkylation sites (tertiary alicyclic amines) is 1. The van der Waals surface area contributed by atoms with Gasteiger partial charge in [0.15, 0.2) is 0 Å². The van der Waals surface area contributed by atoms with Gasteiger partial charge in [-0.15, -0.1) is 5.10 Å². The molecular weight excluding hydrogens is 320 g/mol. The molecule has 1 N–H and O–H groups in total. The van der Waals surface area contributed by atoms with Crippen molar-refractivity contribution >= 4 is 5.91 Å². The Bertz CT molecular complexity index is 727. The maximum Gasteiger partial charge on any atom is 0.257 e. The van der Waals surface area contributed by atoms with E-state index in [-0.39, 0.29) is 5.91 Å². The highest BCUT2D eigenvalue weighted by Gasteiger charge is 2.26. The quantitative estimate of drug-likeness (QED) is 0.884. The molecule has 0 aliphatic carbocycles. The number of hydrogen-bond acceptors (Lipinski definition) is 5. The minimum absolute atomic E-state index is 0.0767. The second-order valence-corrected chi connectivity index (χ2v) is 6.74. The molecule has 2 aromatic rings. The van der Waals surface area contributed by atoms with E-state index < -0.39 is 6.10 Å². The molecule has 1 atom stereocenters. The Morgan fingerprint density at radius 3 is 2.68 bits per heavy atom. The van der Waals surface area contributed by atoms with E-state index >= 15 is 0 Å². The Balaban J connectivity index is 1.55.